The number of nitrogens with one attached hydrogen (secondary N) is 2. The second-order valence-electron chi connectivity index (χ2n) is 6.09. The van der Waals surface area contributed by atoms with Crippen molar-refractivity contribution in [1.29, 1.82) is 0 Å². The average molecular weight is 323 g/mol. The van der Waals surface area contributed by atoms with E-state index < -0.39 is 5.82 Å². The Balaban J connectivity index is 1.62. The Bertz CT molecular complexity index is 525. The van der Waals surface area contributed by atoms with E-state index in [1.165, 1.54) is 6.07 Å². The van der Waals surface area contributed by atoms with Gasteiger partial charge in [0.2, 0.25) is 0 Å². The molecule has 2 amide bonds. The maximum absolute atomic E-state index is 13.5. The number of likely N-dealkylation sites (tertiary alicyclic amines) is 1. The fourth-order valence-corrected chi connectivity index (χ4v) is 2.94. The van der Waals surface area contributed by atoms with Crippen LogP contribution in [-0.4, -0.2) is 48.3 Å². The highest BCUT2D eigenvalue weighted by Crippen LogP contribution is 2.17. The number of carbonyl (C=O) groups excluding carboxylic acids is 1. The molecule has 0 radical (unpaired) electrons. The molecule has 6 heteroatoms. The van der Waals surface area contributed by atoms with Crippen molar-refractivity contribution in [2.75, 3.05) is 31.6 Å². The summed E-state index contributed by atoms with van der Waals surface area (Å²) in [5, 5.41) is 14.5. The van der Waals surface area contributed by atoms with E-state index in [1.54, 1.807) is 12.1 Å². The van der Waals surface area contributed by atoms with Crippen LogP contribution in [0, 0.1) is 12.7 Å². The second-order valence-corrected chi connectivity index (χ2v) is 6.09. The van der Waals surface area contributed by atoms with Crippen molar-refractivity contribution in [2.24, 2.45) is 0 Å². The van der Waals surface area contributed by atoms with Gasteiger partial charge in [-0.3, -0.25) is 4.90 Å². The number of rotatable bonds is 7. The van der Waals surface area contributed by atoms with Gasteiger partial charge >= 0.3 is 6.03 Å². The standard InChI is InChI=1S/C17H26FN3O2/c1-13-6-7-15(18)16(11-13)20-17(23)19-8-2-3-9-21-10-4-5-14(21)12-22/h6-7,11,14,22H,2-5,8-10,12H2,1H3,(H2,19,20,23)/t14-/m1/s1. The molecule has 1 aromatic carbocycles. The van der Waals surface area contributed by atoms with Crippen molar-refractivity contribution in [2.45, 2.75) is 38.6 Å². The van der Waals surface area contributed by atoms with Gasteiger partial charge in [-0.1, -0.05) is 6.07 Å². The van der Waals surface area contributed by atoms with E-state index in [-0.39, 0.29) is 18.3 Å². The summed E-state index contributed by atoms with van der Waals surface area (Å²) < 4.78 is 13.5. The van der Waals surface area contributed by atoms with Crippen molar-refractivity contribution in [3.63, 3.8) is 0 Å². The van der Waals surface area contributed by atoms with E-state index in [9.17, 15) is 14.3 Å². The molecule has 3 N–H and O–H groups in total. The topological polar surface area (TPSA) is 64.6 Å². The van der Waals surface area contributed by atoms with Gasteiger partial charge in [-0.15, -0.1) is 0 Å². The molecular weight excluding hydrogens is 297 g/mol. The predicted octanol–water partition coefficient (Wildman–Crippen LogP) is 2.49. The predicted molar refractivity (Wildman–Crippen MR) is 89.1 cm³/mol. The molecule has 1 aliphatic heterocycles. The van der Waals surface area contributed by atoms with Gasteiger partial charge in [0.25, 0.3) is 0 Å². The largest absolute Gasteiger partial charge is 0.395 e. The molecule has 0 saturated carbocycles. The summed E-state index contributed by atoms with van der Waals surface area (Å²) in [6.07, 6.45) is 4.04. The molecule has 0 aliphatic carbocycles. The minimum absolute atomic E-state index is 0.199. The van der Waals surface area contributed by atoms with Crippen LogP contribution in [0.15, 0.2) is 18.2 Å². The van der Waals surface area contributed by atoms with Gasteiger partial charge in [0.05, 0.1) is 12.3 Å². The quantitative estimate of drug-likeness (QED) is 0.676. The van der Waals surface area contributed by atoms with Gasteiger partial charge < -0.3 is 15.7 Å². The smallest absolute Gasteiger partial charge is 0.319 e. The third-order valence-corrected chi connectivity index (χ3v) is 4.24. The van der Waals surface area contributed by atoms with Crippen LogP contribution in [-0.2, 0) is 0 Å². The number of urea groups is 1. The summed E-state index contributed by atoms with van der Waals surface area (Å²) in [7, 11) is 0. The number of hydrogen-bond acceptors (Lipinski definition) is 3. The third-order valence-electron chi connectivity index (χ3n) is 4.24. The summed E-state index contributed by atoms with van der Waals surface area (Å²) in [5.74, 6) is -0.435. The molecule has 128 valence electrons. The lowest BCUT2D eigenvalue weighted by Crippen LogP contribution is -2.34. The van der Waals surface area contributed by atoms with Gasteiger partial charge in [-0.2, -0.15) is 0 Å². The molecule has 1 atom stereocenters. The van der Waals surface area contributed by atoms with Crippen LogP contribution in [0.3, 0.4) is 0 Å². The summed E-state index contributed by atoms with van der Waals surface area (Å²) >= 11 is 0. The average Bonchev–Trinajstić information content (AvgIpc) is 2.98. The molecule has 5 nitrogen and oxygen atoms in total. The van der Waals surface area contributed by atoms with Crippen LogP contribution in [0.1, 0.15) is 31.2 Å². The number of carbonyl (C=O) groups is 1. The van der Waals surface area contributed by atoms with Gasteiger partial charge in [-0.25, -0.2) is 9.18 Å². The minimum Gasteiger partial charge on any atom is -0.395 e. The second kappa shape index (κ2) is 8.84. The van der Waals surface area contributed by atoms with E-state index >= 15 is 0 Å². The fraction of sp³-hybridized carbons (Fsp3) is 0.588. The first-order chi connectivity index (χ1) is 11.1. The van der Waals surface area contributed by atoms with E-state index in [0.717, 1.165) is 44.3 Å². The summed E-state index contributed by atoms with van der Waals surface area (Å²) in [6, 6.07) is 4.53. The molecule has 1 fully saturated rings. The van der Waals surface area contributed by atoms with Gasteiger partial charge in [0.15, 0.2) is 0 Å². The number of hydrogen-bond donors (Lipinski definition) is 3. The fourth-order valence-electron chi connectivity index (χ4n) is 2.94. The lowest BCUT2D eigenvalue weighted by molar-refractivity contribution is 0.157. The number of nitrogens with zero attached hydrogens (tertiary/aromatic N) is 1. The Labute approximate surface area is 136 Å². The summed E-state index contributed by atoms with van der Waals surface area (Å²) in [5.41, 5.74) is 1.09. The maximum atomic E-state index is 13.5. The maximum Gasteiger partial charge on any atom is 0.319 e. The van der Waals surface area contributed by atoms with Gasteiger partial charge in [0.1, 0.15) is 5.82 Å². The minimum atomic E-state index is -0.435. The van der Waals surface area contributed by atoms with Crippen LogP contribution in [0.4, 0.5) is 14.9 Å². The lowest BCUT2D eigenvalue weighted by atomic mass is 10.2. The zero-order valence-electron chi connectivity index (χ0n) is 13.6. The summed E-state index contributed by atoms with van der Waals surface area (Å²) in [6.45, 7) is 4.62. The number of halogens is 1. The zero-order chi connectivity index (χ0) is 16.7. The summed E-state index contributed by atoms with van der Waals surface area (Å²) in [4.78, 5) is 14.1. The first-order valence-corrected chi connectivity index (χ1v) is 8.26. The number of aliphatic hydroxyl groups excluding tert-OH is 1. The molecule has 1 aliphatic rings. The zero-order valence-corrected chi connectivity index (χ0v) is 13.6. The van der Waals surface area contributed by atoms with Crippen LogP contribution in [0.2, 0.25) is 0 Å². The highest BCUT2D eigenvalue weighted by Gasteiger charge is 2.22. The van der Waals surface area contributed by atoms with Crippen molar-refractivity contribution in [1.82, 2.24) is 10.2 Å². The van der Waals surface area contributed by atoms with Crippen LogP contribution < -0.4 is 10.6 Å². The molecule has 0 aromatic heterocycles. The number of anilines is 1. The number of benzene rings is 1. The lowest BCUT2D eigenvalue weighted by Gasteiger charge is -2.22. The number of aliphatic hydroxyl groups is 1. The highest BCUT2D eigenvalue weighted by atomic mass is 19.1. The number of amides is 2. The van der Waals surface area contributed by atoms with Crippen molar-refractivity contribution in [3.8, 4) is 0 Å². The molecule has 1 saturated heterocycles. The molecular formula is C17H26FN3O2. The Morgan fingerprint density at radius 3 is 3.04 bits per heavy atom. The van der Waals surface area contributed by atoms with Crippen molar-refractivity contribution < 1.29 is 14.3 Å². The van der Waals surface area contributed by atoms with Gasteiger partial charge in [-0.05, 0) is 63.4 Å². The number of aryl methyl sites for hydroxylation is 1. The Hall–Kier alpha value is -1.66. The first-order valence-electron chi connectivity index (χ1n) is 8.26. The van der Waals surface area contributed by atoms with Crippen LogP contribution in [0.25, 0.3) is 0 Å². The molecule has 1 aromatic rings. The number of unbranched alkanes of at least 4 members (excludes halogenated alkanes) is 1. The molecule has 2 rings (SSSR count). The highest BCUT2D eigenvalue weighted by molar-refractivity contribution is 5.89. The van der Waals surface area contributed by atoms with Crippen LogP contribution in [0.5, 0.6) is 0 Å². The monoisotopic (exact) mass is 323 g/mol. The molecule has 0 bridgehead atoms. The van der Waals surface area contributed by atoms with Gasteiger partial charge in [0, 0.05) is 12.6 Å². The Morgan fingerprint density at radius 1 is 1.43 bits per heavy atom. The molecule has 0 unspecified atom stereocenters. The van der Waals surface area contributed by atoms with E-state index in [4.69, 9.17) is 0 Å². The van der Waals surface area contributed by atoms with Crippen LogP contribution >= 0.6 is 0 Å². The molecule has 23 heavy (non-hydrogen) atoms. The van der Waals surface area contributed by atoms with Crippen molar-refractivity contribution in [3.05, 3.63) is 29.6 Å². The first kappa shape index (κ1) is 17.7. The van der Waals surface area contributed by atoms with Crippen molar-refractivity contribution >= 4 is 11.7 Å². The molecule has 1 heterocycles. The Morgan fingerprint density at radius 2 is 2.26 bits per heavy atom. The Kier molecular flexibility index (Phi) is 6.80. The van der Waals surface area contributed by atoms with E-state index in [0.29, 0.717) is 12.6 Å². The third kappa shape index (κ3) is 5.48. The molecule has 0 spiro atoms. The normalized spacial score (nSPS) is 18.1. The van der Waals surface area contributed by atoms with E-state index in [2.05, 4.69) is 15.5 Å². The van der Waals surface area contributed by atoms with E-state index in [1.807, 2.05) is 6.92 Å². The SMILES string of the molecule is Cc1ccc(F)c(NC(=O)NCCCCN2CCC[C@@H]2CO)c1.